The van der Waals surface area contributed by atoms with Gasteiger partial charge in [-0.25, -0.2) is 14.5 Å². The normalized spacial score (nSPS) is 14.7. The van der Waals surface area contributed by atoms with Crippen LogP contribution in [0.5, 0.6) is 0 Å². The first-order valence-corrected chi connectivity index (χ1v) is 11.1. The summed E-state index contributed by atoms with van der Waals surface area (Å²) in [6, 6.07) is 21.8. The number of carbonyl (C=O) groups is 1. The van der Waals surface area contributed by atoms with Crippen molar-refractivity contribution < 1.29 is 4.79 Å². The Morgan fingerprint density at radius 1 is 1.00 bits per heavy atom. The standard InChI is InChI=1S/C26H26N4O2/c1-18-7-2-5-12-23(18)30-24(27-28-26(30)32)17-19-13-15-29(16-14-19)25(31)22-11-6-9-20-8-3-4-10-21(20)22/h2-12,19H,13-17H2,1H3,(H,28,32). The van der Waals surface area contributed by atoms with Crippen LogP contribution in [0.3, 0.4) is 0 Å². The van der Waals surface area contributed by atoms with E-state index in [2.05, 4.69) is 10.2 Å². The van der Waals surface area contributed by atoms with E-state index < -0.39 is 0 Å². The Kier molecular flexibility index (Phi) is 5.35. The van der Waals surface area contributed by atoms with Crippen LogP contribution in [0.2, 0.25) is 0 Å². The first-order chi connectivity index (χ1) is 15.6. The minimum atomic E-state index is -0.210. The Hall–Kier alpha value is -3.67. The van der Waals surface area contributed by atoms with Gasteiger partial charge in [0.1, 0.15) is 5.82 Å². The second kappa shape index (κ2) is 8.46. The van der Waals surface area contributed by atoms with Crippen molar-refractivity contribution in [2.75, 3.05) is 13.1 Å². The van der Waals surface area contributed by atoms with Gasteiger partial charge in [0.25, 0.3) is 5.91 Å². The number of H-pyrrole nitrogens is 1. The number of piperidine rings is 1. The maximum Gasteiger partial charge on any atom is 0.347 e. The van der Waals surface area contributed by atoms with E-state index in [0.29, 0.717) is 25.4 Å². The molecule has 0 saturated carbocycles. The predicted octanol–water partition coefficient (Wildman–Crippen LogP) is 4.12. The van der Waals surface area contributed by atoms with Crippen molar-refractivity contribution in [3.8, 4) is 5.69 Å². The summed E-state index contributed by atoms with van der Waals surface area (Å²) in [4.78, 5) is 27.6. The molecule has 6 heteroatoms. The molecule has 5 rings (SSSR count). The number of aromatic amines is 1. The van der Waals surface area contributed by atoms with Crippen LogP contribution in [-0.2, 0) is 6.42 Å². The molecule has 1 aliphatic heterocycles. The summed E-state index contributed by atoms with van der Waals surface area (Å²) in [5, 5.41) is 9.00. The number of para-hydroxylation sites is 1. The van der Waals surface area contributed by atoms with Crippen molar-refractivity contribution in [3.05, 3.63) is 94.2 Å². The Labute approximate surface area is 186 Å². The van der Waals surface area contributed by atoms with E-state index in [1.165, 1.54) is 0 Å². The van der Waals surface area contributed by atoms with Gasteiger partial charge in [-0.15, -0.1) is 0 Å². The number of nitrogens with zero attached hydrogens (tertiary/aromatic N) is 3. The molecule has 32 heavy (non-hydrogen) atoms. The number of likely N-dealkylation sites (tertiary alicyclic amines) is 1. The number of aryl methyl sites for hydroxylation is 1. The monoisotopic (exact) mass is 426 g/mol. The smallest absolute Gasteiger partial charge is 0.339 e. The molecular weight excluding hydrogens is 400 g/mol. The minimum absolute atomic E-state index is 0.0943. The Bertz CT molecular complexity index is 1320. The van der Waals surface area contributed by atoms with E-state index in [9.17, 15) is 9.59 Å². The van der Waals surface area contributed by atoms with Gasteiger partial charge in [-0.2, -0.15) is 5.10 Å². The molecule has 1 N–H and O–H groups in total. The first-order valence-electron chi connectivity index (χ1n) is 11.1. The van der Waals surface area contributed by atoms with E-state index in [1.54, 1.807) is 4.57 Å². The second-order valence-electron chi connectivity index (χ2n) is 8.53. The van der Waals surface area contributed by atoms with Crippen molar-refractivity contribution in [2.45, 2.75) is 26.2 Å². The molecule has 1 amide bonds. The molecule has 3 aromatic carbocycles. The van der Waals surface area contributed by atoms with Gasteiger partial charge in [-0.3, -0.25) is 4.79 Å². The minimum Gasteiger partial charge on any atom is -0.339 e. The third kappa shape index (κ3) is 3.73. The predicted molar refractivity (Wildman–Crippen MR) is 125 cm³/mol. The van der Waals surface area contributed by atoms with Crippen LogP contribution in [0.1, 0.15) is 34.6 Å². The molecule has 0 atom stereocenters. The summed E-state index contributed by atoms with van der Waals surface area (Å²) in [7, 11) is 0. The lowest BCUT2D eigenvalue weighted by molar-refractivity contribution is 0.0691. The highest BCUT2D eigenvalue weighted by molar-refractivity contribution is 6.07. The molecule has 2 heterocycles. The van der Waals surface area contributed by atoms with Crippen molar-refractivity contribution in [1.29, 1.82) is 0 Å². The van der Waals surface area contributed by atoms with Crippen LogP contribution in [0.4, 0.5) is 0 Å². The summed E-state index contributed by atoms with van der Waals surface area (Å²) in [5.74, 6) is 1.23. The second-order valence-corrected chi connectivity index (χ2v) is 8.53. The number of nitrogens with one attached hydrogen (secondary N) is 1. The van der Waals surface area contributed by atoms with E-state index in [-0.39, 0.29) is 11.6 Å². The molecule has 0 unspecified atom stereocenters. The van der Waals surface area contributed by atoms with Crippen molar-refractivity contribution in [2.24, 2.45) is 5.92 Å². The van der Waals surface area contributed by atoms with Crippen LogP contribution < -0.4 is 5.69 Å². The van der Waals surface area contributed by atoms with Gasteiger partial charge in [-0.05, 0) is 54.2 Å². The molecule has 1 fully saturated rings. The fourth-order valence-electron chi connectivity index (χ4n) is 4.71. The largest absolute Gasteiger partial charge is 0.347 e. The molecule has 0 aliphatic carbocycles. The molecule has 6 nitrogen and oxygen atoms in total. The van der Waals surface area contributed by atoms with Gasteiger partial charge in [0, 0.05) is 25.1 Å². The number of hydrogen-bond acceptors (Lipinski definition) is 3. The van der Waals surface area contributed by atoms with Crippen LogP contribution in [0.25, 0.3) is 16.5 Å². The average Bonchev–Trinajstić information content (AvgIpc) is 3.18. The van der Waals surface area contributed by atoms with Crippen molar-refractivity contribution in [3.63, 3.8) is 0 Å². The number of fused-ring (bicyclic) bond motifs is 1. The Balaban J connectivity index is 1.30. The third-order valence-electron chi connectivity index (χ3n) is 6.49. The zero-order valence-electron chi connectivity index (χ0n) is 18.1. The molecule has 0 radical (unpaired) electrons. The number of hydrogen-bond donors (Lipinski definition) is 1. The summed E-state index contributed by atoms with van der Waals surface area (Å²) in [6.45, 7) is 3.42. The topological polar surface area (TPSA) is 71.0 Å². The van der Waals surface area contributed by atoms with Crippen LogP contribution in [0, 0.1) is 12.8 Å². The number of carbonyl (C=O) groups excluding carboxylic acids is 1. The summed E-state index contributed by atoms with van der Waals surface area (Å²) < 4.78 is 1.68. The molecule has 0 spiro atoms. The van der Waals surface area contributed by atoms with Crippen LogP contribution >= 0.6 is 0 Å². The number of aromatic nitrogens is 3. The molecule has 4 aromatic rings. The molecule has 1 aromatic heterocycles. The Morgan fingerprint density at radius 3 is 2.53 bits per heavy atom. The highest BCUT2D eigenvalue weighted by atomic mass is 16.2. The fraction of sp³-hybridized carbons (Fsp3) is 0.269. The van der Waals surface area contributed by atoms with Gasteiger partial charge < -0.3 is 4.90 Å². The van der Waals surface area contributed by atoms with Gasteiger partial charge in [0.2, 0.25) is 0 Å². The van der Waals surface area contributed by atoms with Crippen LogP contribution in [0.15, 0.2) is 71.5 Å². The third-order valence-corrected chi connectivity index (χ3v) is 6.49. The molecule has 162 valence electrons. The van der Waals surface area contributed by atoms with E-state index in [0.717, 1.165) is 46.3 Å². The highest BCUT2D eigenvalue weighted by Crippen LogP contribution is 2.25. The summed E-state index contributed by atoms with van der Waals surface area (Å²) in [6.07, 6.45) is 2.50. The summed E-state index contributed by atoms with van der Waals surface area (Å²) in [5.41, 5.74) is 2.46. The average molecular weight is 427 g/mol. The fourth-order valence-corrected chi connectivity index (χ4v) is 4.71. The van der Waals surface area contributed by atoms with Gasteiger partial charge in [0.15, 0.2) is 0 Å². The number of benzene rings is 3. The number of amides is 1. The van der Waals surface area contributed by atoms with Gasteiger partial charge >= 0.3 is 5.69 Å². The van der Waals surface area contributed by atoms with Gasteiger partial charge in [-0.1, -0.05) is 54.6 Å². The lowest BCUT2D eigenvalue weighted by Gasteiger charge is -2.32. The highest BCUT2D eigenvalue weighted by Gasteiger charge is 2.26. The quantitative estimate of drug-likeness (QED) is 0.534. The molecule has 1 aliphatic rings. The molecular formula is C26H26N4O2. The van der Waals surface area contributed by atoms with Gasteiger partial charge in [0.05, 0.1) is 5.69 Å². The zero-order chi connectivity index (χ0) is 22.1. The van der Waals surface area contributed by atoms with Crippen molar-refractivity contribution in [1.82, 2.24) is 19.7 Å². The van der Waals surface area contributed by atoms with E-state index in [1.807, 2.05) is 78.6 Å². The maximum absolute atomic E-state index is 13.2. The van der Waals surface area contributed by atoms with E-state index in [4.69, 9.17) is 0 Å². The molecule has 1 saturated heterocycles. The SMILES string of the molecule is Cc1ccccc1-n1c(CC2CCN(C(=O)c3cccc4ccccc34)CC2)n[nH]c1=O. The number of rotatable bonds is 4. The van der Waals surface area contributed by atoms with Crippen LogP contribution in [-0.4, -0.2) is 38.7 Å². The first kappa shape index (κ1) is 20.2. The van der Waals surface area contributed by atoms with E-state index >= 15 is 0 Å². The lowest BCUT2D eigenvalue weighted by atomic mass is 9.92. The maximum atomic E-state index is 13.2. The Morgan fingerprint density at radius 2 is 1.72 bits per heavy atom. The summed E-state index contributed by atoms with van der Waals surface area (Å²) >= 11 is 0. The zero-order valence-corrected chi connectivity index (χ0v) is 18.1. The van der Waals surface area contributed by atoms with Crippen molar-refractivity contribution >= 4 is 16.7 Å². The molecule has 0 bridgehead atoms. The lowest BCUT2D eigenvalue weighted by Crippen LogP contribution is -2.39.